The zero-order valence-corrected chi connectivity index (χ0v) is 15.8. The number of thiazole rings is 1. The third kappa shape index (κ3) is 3.26. The van der Waals surface area contributed by atoms with Crippen LogP contribution in [0.15, 0.2) is 48.9 Å². The maximum absolute atomic E-state index is 12.9. The van der Waals surface area contributed by atoms with Crippen LogP contribution >= 0.6 is 22.9 Å². The first-order valence-electron chi connectivity index (χ1n) is 8.06. The number of carbonyl (C=O) groups excluding carboxylic acids is 1. The number of amides is 1. The Morgan fingerprint density at radius 2 is 2.25 bits per heavy atom. The minimum atomic E-state index is -0.553. The number of carbonyl (C=O) groups is 1. The number of fused-ring (bicyclic) bond motifs is 1. The fourth-order valence-corrected chi connectivity index (χ4v) is 3.78. The Labute approximate surface area is 167 Å². The number of aromatic nitrogens is 4. The molecule has 0 aromatic carbocycles. The van der Waals surface area contributed by atoms with Gasteiger partial charge < -0.3 is 10.4 Å². The van der Waals surface area contributed by atoms with Crippen molar-refractivity contribution in [3.05, 3.63) is 69.5 Å². The van der Waals surface area contributed by atoms with Crippen LogP contribution in [-0.4, -0.2) is 25.4 Å². The molecule has 1 amide bonds. The first-order chi connectivity index (χ1) is 13.6. The van der Waals surface area contributed by atoms with E-state index in [1.54, 1.807) is 33.5 Å². The Kier molecular flexibility index (Phi) is 4.65. The van der Waals surface area contributed by atoms with Crippen molar-refractivity contribution in [3.63, 3.8) is 0 Å². The van der Waals surface area contributed by atoms with E-state index in [1.165, 1.54) is 29.7 Å². The van der Waals surface area contributed by atoms with Gasteiger partial charge in [-0.05, 0) is 18.2 Å². The predicted octanol–water partition coefficient (Wildman–Crippen LogP) is 2.61. The fourth-order valence-electron chi connectivity index (χ4n) is 2.81. The quantitative estimate of drug-likeness (QED) is 0.502. The zero-order chi connectivity index (χ0) is 19.7. The molecule has 0 aliphatic heterocycles. The number of pyridine rings is 2. The summed E-state index contributed by atoms with van der Waals surface area (Å²) in [5.74, 6) is -0.540. The van der Waals surface area contributed by atoms with Crippen molar-refractivity contribution in [1.82, 2.24) is 14.4 Å². The van der Waals surface area contributed by atoms with Crippen LogP contribution < -0.4 is 9.88 Å². The van der Waals surface area contributed by atoms with E-state index in [0.717, 1.165) is 4.88 Å². The number of nitrogens with one attached hydrogen (secondary N) is 1. The molecule has 0 aliphatic rings. The monoisotopic (exact) mass is 411 g/mol. The summed E-state index contributed by atoms with van der Waals surface area (Å²) in [4.78, 5) is 21.7. The van der Waals surface area contributed by atoms with Gasteiger partial charge in [0.2, 0.25) is 0 Å². The van der Waals surface area contributed by atoms with Crippen LogP contribution in [0.2, 0.25) is 4.47 Å². The number of anilines is 1. The van der Waals surface area contributed by atoms with Gasteiger partial charge in [-0.1, -0.05) is 17.7 Å². The number of hydrogen-bond acceptors (Lipinski definition) is 6. The zero-order valence-electron chi connectivity index (χ0n) is 14.2. The van der Waals surface area contributed by atoms with E-state index in [9.17, 15) is 9.90 Å². The highest BCUT2D eigenvalue weighted by atomic mass is 35.5. The van der Waals surface area contributed by atoms with Crippen LogP contribution in [0.4, 0.5) is 5.82 Å². The summed E-state index contributed by atoms with van der Waals surface area (Å²) in [7, 11) is 0. The standard InChI is InChI=1S/C18H11ClN6O2S/c19-18-22-9-12(28-18)10-25-14-3-1-2-6-24(14)15(17(25)27)16(26)23-13-7-11(8-20)4-5-21-13/h1-7,9H,10H2,(H-,21,23,26,27)/p+1. The molecule has 0 spiro atoms. The van der Waals surface area contributed by atoms with Gasteiger partial charge >= 0.3 is 11.8 Å². The van der Waals surface area contributed by atoms with Crippen LogP contribution in [0.5, 0.6) is 5.88 Å². The summed E-state index contributed by atoms with van der Waals surface area (Å²) in [6.45, 7) is 0.305. The highest BCUT2D eigenvalue weighted by Crippen LogP contribution is 2.22. The van der Waals surface area contributed by atoms with Crippen LogP contribution in [0.1, 0.15) is 20.9 Å². The average molecular weight is 412 g/mol. The number of halogens is 1. The van der Waals surface area contributed by atoms with E-state index in [1.807, 2.05) is 12.1 Å². The van der Waals surface area contributed by atoms with Crippen molar-refractivity contribution in [3.8, 4) is 11.9 Å². The van der Waals surface area contributed by atoms with Crippen molar-refractivity contribution in [2.75, 3.05) is 5.32 Å². The highest BCUT2D eigenvalue weighted by molar-refractivity contribution is 7.15. The Morgan fingerprint density at radius 1 is 1.39 bits per heavy atom. The molecule has 4 aromatic heterocycles. The number of rotatable bonds is 4. The number of hydrogen-bond donors (Lipinski definition) is 2. The van der Waals surface area contributed by atoms with Gasteiger partial charge in [-0.3, -0.25) is 4.79 Å². The molecule has 0 bridgehead atoms. The lowest BCUT2D eigenvalue weighted by Gasteiger charge is -2.02. The number of nitriles is 1. The number of imidazole rings is 1. The molecule has 0 aliphatic carbocycles. The van der Waals surface area contributed by atoms with Crippen molar-refractivity contribution < 1.29 is 14.5 Å². The third-order valence-electron chi connectivity index (χ3n) is 4.01. The molecule has 0 radical (unpaired) electrons. The Bertz CT molecular complexity index is 1240. The molecule has 8 nitrogen and oxygen atoms in total. The molecule has 0 unspecified atom stereocenters. The SMILES string of the molecule is N#Cc1ccnc(NC(=O)c2c(O)[n+](Cc3cnc(Cl)s3)c3ccccn23)c1. The molecule has 138 valence electrons. The van der Waals surface area contributed by atoms with Crippen LogP contribution in [0, 0.1) is 11.3 Å². The van der Waals surface area contributed by atoms with Crippen molar-refractivity contribution in [1.29, 1.82) is 5.26 Å². The van der Waals surface area contributed by atoms with Crippen molar-refractivity contribution in [2.24, 2.45) is 0 Å². The van der Waals surface area contributed by atoms with Gasteiger partial charge in [-0.25, -0.2) is 9.97 Å². The molecular formula is C18H12ClN6O2S+. The lowest BCUT2D eigenvalue weighted by molar-refractivity contribution is -0.667. The molecule has 0 saturated heterocycles. The van der Waals surface area contributed by atoms with Crippen LogP contribution in [0.3, 0.4) is 0 Å². The second-order valence-corrected chi connectivity index (χ2v) is 7.46. The summed E-state index contributed by atoms with van der Waals surface area (Å²) in [6, 6.07) is 10.3. The lowest BCUT2D eigenvalue weighted by atomic mass is 10.3. The summed E-state index contributed by atoms with van der Waals surface area (Å²) in [5, 5.41) is 22.4. The predicted molar refractivity (Wildman–Crippen MR) is 102 cm³/mol. The average Bonchev–Trinajstić information content (AvgIpc) is 3.23. The maximum atomic E-state index is 12.9. The Morgan fingerprint density at radius 3 is 3.00 bits per heavy atom. The summed E-state index contributed by atoms with van der Waals surface area (Å²) < 4.78 is 3.58. The summed E-state index contributed by atoms with van der Waals surface area (Å²) >= 11 is 7.19. The Hall–Kier alpha value is -3.48. The minimum absolute atomic E-state index is 0.0513. The van der Waals surface area contributed by atoms with Crippen molar-refractivity contribution >= 4 is 40.3 Å². The van der Waals surface area contributed by atoms with E-state index in [-0.39, 0.29) is 17.4 Å². The largest absolute Gasteiger partial charge is 0.474 e. The van der Waals surface area contributed by atoms with Crippen LogP contribution in [0.25, 0.3) is 5.65 Å². The second kappa shape index (κ2) is 7.26. The Balaban J connectivity index is 1.75. The molecule has 10 heteroatoms. The molecule has 4 aromatic rings. The molecule has 28 heavy (non-hydrogen) atoms. The van der Waals surface area contributed by atoms with Gasteiger partial charge in [-0.15, -0.1) is 11.3 Å². The van der Waals surface area contributed by atoms with E-state index in [4.69, 9.17) is 16.9 Å². The first-order valence-corrected chi connectivity index (χ1v) is 9.26. The second-order valence-electron chi connectivity index (χ2n) is 5.76. The van der Waals surface area contributed by atoms with E-state index in [2.05, 4.69) is 15.3 Å². The molecule has 0 saturated carbocycles. The van der Waals surface area contributed by atoms with Gasteiger partial charge in [0.15, 0.2) is 4.47 Å². The fraction of sp³-hybridized carbons (Fsp3) is 0.0556. The van der Waals surface area contributed by atoms with Gasteiger partial charge in [0.1, 0.15) is 12.4 Å². The van der Waals surface area contributed by atoms with Gasteiger partial charge in [0.25, 0.3) is 11.3 Å². The van der Waals surface area contributed by atoms with Crippen LogP contribution in [-0.2, 0) is 6.54 Å². The van der Waals surface area contributed by atoms with Gasteiger partial charge in [-0.2, -0.15) is 14.2 Å². The molecule has 0 fully saturated rings. The molecule has 4 rings (SSSR count). The molecular weight excluding hydrogens is 400 g/mol. The molecule has 4 heterocycles. The van der Waals surface area contributed by atoms with Crippen molar-refractivity contribution in [2.45, 2.75) is 6.54 Å². The van der Waals surface area contributed by atoms with E-state index in [0.29, 0.717) is 22.2 Å². The minimum Gasteiger partial charge on any atom is -0.474 e. The maximum Gasteiger partial charge on any atom is 0.337 e. The normalized spacial score (nSPS) is 10.7. The summed E-state index contributed by atoms with van der Waals surface area (Å²) in [6.07, 6.45) is 4.74. The first kappa shape index (κ1) is 17.9. The van der Waals surface area contributed by atoms with Gasteiger partial charge in [0, 0.05) is 18.5 Å². The van der Waals surface area contributed by atoms with Gasteiger partial charge in [0.05, 0.1) is 22.7 Å². The van der Waals surface area contributed by atoms with E-state index < -0.39 is 5.91 Å². The molecule has 2 N–H and O–H groups in total. The highest BCUT2D eigenvalue weighted by Gasteiger charge is 2.31. The lowest BCUT2D eigenvalue weighted by Crippen LogP contribution is -2.33. The third-order valence-corrected chi connectivity index (χ3v) is 5.11. The smallest absolute Gasteiger partial charge is 0.337 e. The number of aromatic hydroxyl groups is 1. The van der Waals surface area contributed by atoms with E-state index >= 15 is 0 Å². The topological polar surface area (TPSA) is 107 Å². The summed E-state index contributed by atoms with van der Waals surface area (Å²) in [5.41, 5.74) is 1.04. The molecule has 0 atom stereocenters. The number of nitrogens with zero attached hydrogens (tertiary/aromatic N) is 5.